The van der Waals surface area contributed by atoms with E-state index >= 15 is 0 Å². The lowest BCUT2D eigenvalue weighted by molar-refractivity contribution is -0.147. The Morgan fingerprint density at radius 2 is 1.56 bits per heavy atom. The van der Waals surface area contributed by atoms with Crippen LogP contribution in [0.4, 0.5) is 5.69 Å². The van der Waals surface area contributed by atoms with E-state index < -0.39 is 24.4 Å². The molecule has 2 aromatic carbocycles. The van der Waals surface area contributed by atoms with E-state index in [0.29, 0.717) is 13.1 Å². The number of anilines is 1. The van der Waals surface area contributed by atoms with Gasteiger partial charge in [0, 0.05) is 29.8 Å². The van der Waals surface area contributed by atoms with Gasteiger partial charge in [0.15, 0.2) is 0 Å². The average molecular weight is 437 g/mol. The van der Waals surface area contributed by atoms with Crippen molar-refractivity contribution in [2.24, 2.45) is 0 Å². The summed E-state index contributed by atoms with van der Waals surface area (Å²) in [5, 5.41) is 42.7. The Hall–Kier alpha value is -1.48. The highest BCUT2D eigenvalue weighted by molar-refractivity contribution is 9.10. The number of nitrogens with one attached hydrogen (secondary N) is 1. The van der Waals surface area contributed by atoms with Crippen LogP contribution < -0.4 is 5.32 Å². The van der Waals surface area contributed by atoms with Crippen LogP contribution in [0, 0.1) is 0 Å². The Labute approximate surface area is 167 Å². The number of piperidine rings is 1. The fourth-order valence-electron chi connectivity index (χ4n) is 3.33. The molecule has 0 aromatic heterocycles. The second-order valence-electron chi connectivity index (χ2n) is 6.90. The third-order valence-electron chi connectivity index (χ3n) is 4.97. The fraction of sp³-hybridized carbons (Fsp3) is 0.400. The number of aliphatic hydroxyl groups is 4. The second-order valence-corrected chi connectivity index (χ2v) is 7.82. The molecule has 0 amide bonds. The lowest BCUT2D eigenvalue weighted by Gasteiger charge is -2.43. The summed E-state index contributed by atoms with van der Waals surface area (Å²) in [5.41, 5.74) is 3.19. The van der Waals surface area contributed by atoms with Gasteiger partial charge in [0.05, 0.1) is 18.8 Å². The molecule has 1 aliphatic rings. The highest BCUT2D eigenvalue weighted by Crippen LogP contribution is 2.21. The molecule has 146 valence electrons. The Morgan fingerprint density at radius 3 is 2.19 bits per heavy atom. The maximum atomic E-state index is 10.1. The smallest absolute Gasteiger partial charge is 0.109 e. The molecule has 0 radical (unpaired) electrons. The number of halogens is 1. The first-order chi connectivity index (χ1) is 13.0. The molecule has 1 aliphatic heterocycles. The van der Waals surface area contributed by atoms with Crippen molar-refractivity contribution < 1.29 is 20.4 Å². The van der Waals surface area contributed by atoms with E-state index in [1.807, 2.05) is 48.5 Å². The molecular weight excluding hydrogens is 412 g/mol. The highest BCUT2D eigenvalue weighted by atomic mass is 79.9. The van der Waals surface area contributed by atoms with Crippen molar-refractivity contribution >= 4 is 21.6 Å². The first-order valence-electron chi connectivity index (χ1n) is 8.94. The van der Waals surface area contributed by atoms with Crippen molar-refractivity contribution in [3.63, 3.8) is 0 Å². The van der Waals surface area contributed by atoms with Crippen LogP contribution in [0.3, 0.4) is 0 Å². The summed E-state index contributed by atoms with van der Waals surface area (Å²) in [4.78, 5) is 1.80. The molecule has 1 heterocycles. The van der Waals surface area contributed by atoms with Gasteiger partial charge in [0.1, 0.15) is 12.2 Å². The molecule has 0 spiro atoms. The predicted octanol–water partition coefficient (Wildman–Crippen LogP) is 1.32. The minimum absolute atomic E-state index is 0.205. The number of hydrogen-bond donors (Lipinski definition) is 5. The number of benzene rings is 2. The van der Waals surface area contributed by atoms with Crippen molar-refractivity contribution in [2.75, 3.05) is 18.5 Å². The van der Waals surface area contributed by atoms with Crippen LogP contribution in [0.15, 0.2) is 53.0 Å². The molecule has 0 bridgehead atoms. The van der Waals surface area contributed by atoms with Gasteiger partial charge in [0.2, 0.25) is 0 Å². The molecule has 2 aromatic rings. The molecule has 0 unspecified atom stereocenters. The summed E-state index contributed by atoms with van der Waals surface area (Å²) >= 11 is 3.42. The largest absolute Gasteiger partial charge is 0.395 e. The molecule has 4 atom stereocenters. The van der Waals surface area contributed by atoms with Crippen LogP contribution >= 0.6 is 15.9 Å². The normalized spacial score (nSPS) is 26.1. The van der Waals surface area contributed by atoms with Gasteiger partial charge in [-0.05, 0) is 35.4 Å². The van der Waals surface area contributed by atoms with Crippen LogP contribution in [-0.4, -0.2) is 62.8 Å². The molecule has 1 fully saturated rings. The van der Waals surface area contributed by atoms with Crippen LogP contribution in [0.5, 0.6) is 0 Å². The topological polar surface area (TPSA) is 96.2 Å². The number of β-amino-alcohol motifs (C(OH)–C–C–N with tert-alkyl or cyclic N) is 1. The van der Waals surface area contributed by atoms with Gasteiger partial charge < -0.3 is 25.7 Å². The summed E-state index contributed by atoms with van der Waals surface area (Å²) in [6.45, 7) is 1.11. The predicted molar refractivity (Wildman–Crippen MR) is 107 cm³/mol. The number of hydrogen-bond acceptors (Lipinski definition) is 6. The summed E-state index contributed by atoms with van der Waals surface area (Å²) in [6.07, 6.45) is -3.43. The first kappa shape index (κ1) is 20.3. The van der Waals surface area contributed by atoms with Crippen molar-refractivity contribution in [2.45, 2.75) is 37.4 Å². The standard InChI is InChI=1S/C20H25BrN2O4/c21-15-5-7-16(8-6-15)22-9-13-1-3-14(4-2-13)10-23-11-18(25)20(27)19(26)17(23)12-24/h1-8,17-20,22,24-27H,9-12H2/t17-,18+,19-,20-/m1/s1. The summed E-state index contributed by atoms with van der Waals surface area (Å²) in [6, 6.07) is 15.4. The van der Waals surface area contributed by atoms with E-state index in [1.54, 1.807) is 4.90 Å². The van der Waals surface area contributed by atoms with E-state index in [1.165, 1.54) is 0 Å². The van der Waals surface area contributed by atoms with Gasteiger partial charge in [-0.1, -0.05) is 40.2 Å². The van der Waals surface area contributed by atoms with Crippen LogP contribution in [0.2, 0.25) is 0 Å². The molecule has 0 aliphatic carbocycles. The van der Waals surface area contributed by atoms with Gasteiger partial charge in [-0.25, -0.2) is 0 Å². The summed E-state index contributed by atoms with van der Waals surface area (Å²) < 4.78 is 1.04. The fourth-order valence-corrected chi connectivity index (χ4v) is 3.59. The third-order valence-corrected chi connectivity index (χ3v) is 5.49. The highest BCUT2D eigenvalue weighted by Gasteiger charge is 2.40. The quantitative estimate of drug-likeness (QED) is 0.468. The zero-order valence-corrected chi connectivity index (χ0v) is 16.5. The molecule has 5 N–H and O–H groups in total. The number of nitrogens with zero attached hydrogens (tertiary/aromatic N) is 1. The lowest BCUT2D eigenvalue weighted by Crippen LogP contribution is -2.62. The van der Waals surface area contributed by atoms with Crippen molar-refractivity contribution in [1.29, 1.82) is 0 Å². The van der Waals surface area contributed by atoms with Gasteiger partial charge in [-0.3, -0.25) is 4.90 Å². The molecule has 6 nitrogen and oxygen atoms in total. The van der Waals surface area contributed by atoms with Crippen LogP contribution in [0.1, 0.15) is 11.1 Å². The Balaban J connectivity index is 1.59. The van der Waals surface area contributed by atoms with E-state index in [9.17, 15) is 20.4 Å². The van der Waals surface area contributed by atoms with E-state index in [0.717, 1.165) is 21.3 Å². The van der Waals surface area contributed by atoms with Crippen LogP contribution in [-0.2, 0) is 13.1 Å². The maximum Gasteiger partial charge on any atom is 0.109 e. The number of rotatable bonds is 6. The molecule has 7 heteroatoms. The monoisotopic (exact) mass is 436 g/mol. The molecule has 3 rings (SSSR count). The van der Waals surface area contributed by atoms with Gasteiger partial charge in [-0.2, -0.15) is 0 Å². The van der Waals surface area contributed by atoms with Crippen molar-refractivity contribution in [3.05, 3.63) is 64.1 Å². The molecular formula is C20H25BrN2O4. The molecule has 1 saturated heterocycles. The van der Waals surface area contributed by atoms with Gasteiger partial charge in [0.25, 0.3) is 0 Å². The Kier molecular flexibility index (Phi) is 6.86. The molecule has 0 saturated carbocycles. The Bertz CT molecular complexity index is 726. The summed E-state index contributed by atoms with van der Waals surface area (Å²) in [7, 11) is 0. The maximum absolute atomic E-state index is 10.1. The second kappa shape index (κ2) is 9.14. The SMILES string of the molecule is OC[C@@H]1[C@@H](O)[C@H](O)[C@@H](O)CN1Cc1ccc(CNc2ccc(Br)cc2)cc1. The number of aliphatic hydroxyl groups excluding tert-OH is 4. The lowest BCUT2D eigenvalue weighted by atomic mass is 9.93. The zero-order valence-electron chi connectivity index (χ0n) is 14.9. The van der Waals surface area contributed by atoms with Crippen LogP contribution in [0.25, 0.3) is 0 Å². The van der Waals surface area contributed by atoms with E-state index in [4.69, 9.17) is 0 Å². The minimum Gasteiger partial charge on any atom is -0.395 e. The zero-order chi connectivity index (χ0) is 19.4. The van der Waals surface area contributed by atoms with Gasteiger partial charge in [-0.15, -0.1) is 0 Å². The van der Waals surface area contributed by atoms with Crippen molar-refractivity contribution in [1.82, 2.24) is 4.90 Å². The summed E-state index contributed by atoms with van der Waals surface area (Å²) in [5.74, 6) is 0. The molecule has 27 heavy (non-hydrogen) atoms. The van der Waals surface area contributed by atoms with Gasteiger partial charge >= 0.3 is 0 Å². The number of likely N-dealkylation sites (tertiary alicyclic amines) is 1. The first-order valence-corrected chi connectivity index (χ1v) is 9.73. The van der Waals surface area contributed by atoms with E-state index in [-0.39, 0.29) is 13.2 Å². The Morgan fingerprint density at radius 1 is 0.926 bits per heavy atom. The van der Waals surface area contributed by atoms with E-state index in [2.05, 4.69) is 21.2 Å². The van der Waals surface area contributed by atoms with Crippen molar-refractivity contribution in [3.8, 4) is 0 Å². The third kappa shape index (κ3) is 5.07. The minimum atomic E-state index is -1.23. The average Bonchev–Trinajstić information content (AvgIpc) is 2.67.